The van der Waals surface area contributed by atoms with E-state index in [0.717, 1.165) is 12.0 Å². The van der Waals surface area contributed by atoms with Gasteiger partial charge < -0.3 is 24.4 Å². The molecule has 1 N–H and O–H groups in total. The highest BCUT2D eigenvalue weighted by atomic mass is 16.6. The Bertz CT molecular complexity index is 1020. The molecule has 0 bridgehead atoms. The minimum Gasteiger partial charge on any atom is -0.493 e. The Kier molecular flexibility index (Phi) is 7.85. The van der Waals surface area contributed by atoms with E-state index in [1.165, 1.54) is 7.11 Å². The highest BCUT2D eigenvalue weighted by Gasteiger charge is 2.24. The van der Waals surface area contributed by atoms with Crippen molar-refractivity contribution in [3.05, 3.63) is 54.1 Å². The largest absolute Gasteiger partial charge is 0.493 e. The number of nitrogens with zero attached hydrogens (tertiary/aromatic N) is 1. The third-order valence-corrected chi connectivity index (χ3v) is 4.80. The van der Waals surface area contributed by atoms with Crippen LogP contribution in [0.1, 0.15) is 25.3 Å². The summed E-state index contributed by atoms with van der Waals surface area (Å²) in [5.41, 5.74) is 2.06. The molecular weight excluding hydrogens is 412 g/mol. The molecule has 1 fully saturated rings. The molecule has 8 nitrogen and oxygen atoms in total. The Hall–Kier alpha value is -3.81. The van der Waals surface area contributed by atoms with Crippen molar-refractivity contribution in [1.82, 2.24) is 0 Å². The van der Waals surface area contributed by atoms with Crippen LogP contribution in [0.3, 0.4) is 0 Å². The first-order chi connectivity index (χ1) is 15.5. The van der Waals surface area contributed by atoms with Gasteiger partial charge in [0.15, 0.2) is 24.7 Å². The van der Waals surface area contributed by atoms with Gasteiger partial charge in [0.2, 0.25) is 5.91 Å². The number of para-hydroxylation sites is 2. The van der Waals surface area contributed by atoms with Crippen molar-refractivity contribution in [2.45, 2.75) is 19.8 Å². The summed E-state index contributed by atoms with van der Waals surface area (Å²) < 4.78 is 15.8. The van der Waals surface area contributed by atoms with E-state index in [0.29, 0.717) is 35.8 Å². The van der Waals surface area contributed by atoms with Crippen LogP contribution in [-0.2, 0) is 19.1 Å². The maximum absolute atomic E-state index is 12.3. The van der Waals surface area contributed by atoms with E-state index < -0.39 is 18.5 Å². The second kappa shape index (κ2) is 11.0. The molecule has 0 unspecified atom stereocenters. The number of benzene rings is 2. The first-order valence-electron chi connectivity index (χ1n) is 10.3. The van der Waals surface area contributed by atoms with Gasteiger partial charge in [-0.25, -0.2) is 4.79 Å². The van der Waals surface area contributed by atoms with Crippen molar-refractivity contribution in [2.24, 2.45) is 0 Å². The number of esters is 1. The summed E-state index contributed by atoms with van der Waals surface area (Å²) >= 11 is 0. The monoisotopic (exact) mass is 438 g/mol. The molecule has 1 aliphatic heterocycles. The average molecular weight is 438 g/mol. The number of hydrogen-bond donors (Lipinski definition) is 1. The van der Waals surface area contributed by atoms with Crippen LogP contribution in [0.25, 0.3) is 6.08 Å². The minimum absolute atomic E-state index is 0.0180. The number of ether oxygens (including phenoxy) is 3. The van der Waals surface area contributed by atoms with Crippen molar-refractivity contribution in [3.8, 4) is 11.5 Å². The molecule has 1 saturated heterocycles. The van der Waals surface area contributed by atoms with Crippen LogP contribution in [0.2, 0.25) is 0 Å². The Balaban J connectivity index is 1.51. The quantitative estimate of drug-likeness (QED) is 0.603. The summed E-state index contributed by atoms with van der Waals surface area (Å²) in [7, 11) is 1.51. The molecule has 3 rings (SSSR count). The zero-order valence-electron chi connectivity index (χ0n) is 18.1. The molecular formula is C24H26N2O6. The Morgan fingerprint density at radius 1 is 1.12 bits per heavy atom. The molecule has 0 atom stereocenters. The maximum Gasteiger partial charge on any atom is 0.344 e. The molecule has 0 saturated carbocycles. The van der Waals surface area contributed by atoms with Crippen LogP contribution < -0.4 is 19.7 Å². The van der Waals surface area contributed by atoms with Gasteiger partial charge in [0.1, 0.15) is 0 Å². The Morgan fingerprint density at radius 2 is 1.94 bits per heavy atom. The van der Waals surface area contributed by atoms with Gasteiger partial charge in [-0.2, -0.15) is 0 Å². The van der Waals surface area contributed by atoms with E-state index in [4.69, 9.17) is 14.2 Å². The SMILES string of the molecule is C/C=C/c1ccc(OCC(=O)OCC(=O)Nc2ccccc2N2CCCC2=O)c(OC)c1. The van der Waals surface area contributed by atoms with Gasteiger partial charge in [-0.1, -0.05) is 30.4 Å². The molecule has 32 heavy (non-hydrogen) atoms. The topological polar surface area (TPSA) is 94.2 Å². The van der Waals surface area contributed by atoms with E-state index in [1.807, 2.05) is 25.1 Å². The van der Waals surface area contributed by atoms with Crippen LogP contribution in [0.4, 0.5) is 11.4 Å². The summed E-state index contributed by atoms with van der Waals surface area (Å²) in [4.78, 5) is 38.0. The van der Waals surface area contributed by atoms with E-state index >= 15 is 0 Å². The summed E-state index contributed by atoms with van der Waals surface area (Å²) in [6.45, 7) is 1.68. The number of nitrogens with one attached hydrogen (secondary N) is 1. The molecule has 0 spiro atoms. The van der Waals surface area contributed by atoms with E-state index in [9.17, 15) is 14.4 Å². The average Bonchev–Trinajstić information content (AvgIpc) is 3.23. The van der Waals surface area contributed by atoms with Gasteiger partial charge >= 0.3 is 5.97 Å². The molecule has 0 aromatic heterocycles. The summed E-state index contributed by atoms with van der Waals surface area (Å²) in [6.07, 6.45) is 5.08. The van der Waals surface area contributed by atoms with Crippen molar-refractivity contribution in [3.63, 3.8) is 0 Å². The lowest BCUT2D eigenvalue weighted by molar-refractivity contribution is -0.149. The van der Waals surface area contributed by atoms with Gasteiger partial charge in [0, 0.05) is 13.0 Å². The van der Waals surface area contributed by atoms with Crippen LogP contribution in [0.5, 0.6) is 11.5 Å². The fourth-order valence-corrected chi connectivity index (χ4v) is 3.33. The normalized spacial score (nSPS) is 13.3. The zero-order chi connectivity index (χ0) is 22.9. The number of rotatable bonds is 9. The minimum atomic E-state index is -0.692. The number of anilines is 2. The summed E-state index contributed by atoms with van der Waals surface area (Å²) in [6, 6.07) is 12.4. The van der Waals surface area contributed by atoms with Gasteiger partial charge in [0.05, 0.1) is 18.5 Å². The second-order valence-corrected chi connectivity index (χ2v) is 7.07. The molecule has 0 aliphatic carbocycles. The number of hydrogen-bond acceptors (Lipinski definition) is 6. The Labute approximate surface area is 186 Å². The number of allylic oxidation sites excluding steroid dienone is 1. The molecule has 1 heterocycles. The van der Waals surface area contributed by atoms with Crippen LogP contribution in [0, 0.1) is 0 Å². The van der Waals surface area contributed by atoms with Crippen molar-refractivity contribution < 1.29 is 28.6 Å². The molecule has 2 aromatic rings. The third-order valence-electron chi connectivity index (χ3n) is 4.80. The smallest absolute Gasteiger partial charge is 0.344 e. The molecule has 8 heteroatoms. The van der Waals surface area contributed by atoms with Crippen molar-refractivity contribution in [2.75, 3.05) is 37.1 Å². The molecule has 2 aromatic carbocycles. The number of methoxy groups -OCH3 is 1. The molecule has 2 amide bonds. The molecule has 1 aliphatic rings. The standard InChI is InChI=1S/C24H26N2O6/c1-3-7-17-11-12-20(21(14-17)30-2)31-16-24(29)32-15-22(27)25-18-8-4-5-9-19(18)26-13-6-10-23(26)28/h3-5,7-9,11-12,14H,6,10,13,15-16H2,1-2H3,(H,25,27)/b7-3+. The second-order valence-electron chi connectivity index (χ2n) is 7.07. The number of carbonyl (C=O) groups excluding carboxylic acids is 3. The Morgan fingerprint density at radius 3 is 2.66 bits per heavy atom. The van der Waals surface area contributed by atoms with Crippen LogP contribution >= 0.6 is 0 Å². The fraction of sp³-hybridized carbons (Fsp3) is 0.292. The number of carbonyl (C=O) groups is 3. The van der Waals surface area contributed by atoms with E-state index in [-0.39, 0.29) is 12.5 Å². The fourth-order valence-electron chi connectivity index (χ4n) is 3.33. The predicted octanol–water partition coefficient (Wildman–Crippen LogP) is 3.42. The van der Waals surface area contributed by atoms with E-state index in [2.05, 4.69) is 5.32 Å². The lowest BCUT2D eigenvalue weighted by Gasteiger charge is -2.19. The molecule has 0 radical (unpaired) electrons. The summed E-state index contributed by atoms with van der Waals surface area (Å²) in [5.74, 6) is -0.302. The zero-order valence-corrected chi connectivity index (χ0v) is 18.1. The van der Waals surface area contributed by atoms with Crippen LogP contribution in [-0.4, -0.2) is 44.7 Å². The van der Waals surface area contributed by atoms with Gasteiger partial charge in [-0.15, -0.1) is 0 Å². The predicted molar refractivity (Wildman–Crippen MR) is 121 cm³/mol. The lowest BCUT2D eigenvalue weighted by Crippen LogP contribution is -2.27. The van der Waals surface area contributed by atoms with Crippen molar-refractivity contribution in [1.29, 1.82) is 0 Å². The first kappa shape index (κ1) is 22.9. The highest BCUT2D eigenvalue weighted by molar-refractivity contribution is 6.02. The third kappa shape index (κ3) is 5.87. The molecule has 168 valence electrons. The van der Waals surface area contributed by atoms with E-state index in [1.54, 1.807) is 41.3 Å². The maximum atomic E-state index is 12.3. The van der Waals surface area contributed by atoms with Crippen LogP contribution in [0.15, 0.2) is 48.5 Å². The van der Waals surface area contributed by atoms with Gasteiger partial charge in [0.25, 0.3) is 5.91 Å². The lowest BCUT2D eigenvalue weighted by atomic mass is 10.2. The van der Waals surface area contributed by atoms with Gasteiger partial charge in [-0.05, 0) is 43.2 Å². The van der Waals surface area contributed by atoms with Gasteiger partial charge in [-0.3, -0.25) is 9.59 Å². The van der Waals surface area contributed by atoms with Crippen molar-refractivity contribution >= 4 is 35.2 Å². The number of amides is 2. The first-order valence-corrected chi connectivity index (χ1v) is 10.3. The highest BCUT2D eigenvalue weighted by Crippen LogP contribution is 2.30. The summed E-state index contributed by atoms with van der Waals surface area (Å²) in [5, 5.41) is 2.70.